The van der Waals surface area contributed by atoms with Gasteiger partial charge in [-0.1, -0.05) is 0 Å². The summed E-state index contributed by atoms with van der Waals surface area (Å²) in [6.07, 6.45) is 0.220. The molecule has 1 saturated heterocycles. The second kappa shape index (κ2) is 8.70. The summed E-state index contributed by atoms with van der Waals surface area (Å²) in [6, 6.07) is 11.4. The van der Waals surface area contributed by atoms with E-state index in [0.717, 1.165) is 43.6 Å². The fraction of sp³-hybridized carbons (Fsp3) is 0.261. The molecule has 10 heteroatoms. The van der Waals surface area contributed by atoms with Gasteiger partial charge in [0.05, 0.1) is 11.3 Å². The lowest BCUT2D eigenvalue weighted by molar-refractivity contribution is -0.137. The highest BCUT2D eigenvalue weighted by molar-refractivity contribution is 5.93. The van der Waals surface area contributed by atoms with Gasteiger partial charge in [-0.05, 0) is 55.8 Å². The van der Waals surface area contributed by atoms with Crippen LogP contribution in [0.15, 0.2) is 54.9 Å². The van der Waals surface area contributed by atoms with Crippen LogP contribution in [-0.4, -0.2) is 39.3 Å². The van der Waals surface area contributed by atoms with Crippen molar-refractivity contribution >= 4 is 16.9 Å². The van der Waals surface area contributed by atoms with Crippen LogP contribution in [-0.2, 0) is 6.18 Å². The minimum Gasteiger partial charge on any atom is -0.456 e. The molecule has 5 rings (SSSR count). The zero-order chi connectivity index (χ0) is 22.8. The van der Waals surface area contributed by atoms with Crippen molar-refractivity contribution in [2.45, 2.75) is 25.1 Å². The summed E-state index contributed by atoms with van der Waals surface area (Å²) in [5.74, 6) is 1.86. The fourth-order valence-electron chi connectivity index (χ4n) is 3.83. The first-order valence-corrected chi connectivity index (χ1v) is 10.6. The molecule has 33 heavy (non-hydrogen) atoms. The van der Waals surface area contributed by atoms with Crippen molar-refractivity contribution in [1.82, 2.24) is 25.5 Å². The third-order valence-electron chi connectivity index (χ3n) is 5.53. The molecule has 0 bridgehead atoms. The van der Waals surface area contributed by atoms with Gasteiger partial charge in [0.2, 0.25) is 0 Å². The van der Waals surface area contributed by atoms with Crippen molar-refractivity contribution in [3.05, 3.63) is 60.4 Å². The first kappa shape index (κ1) is 21.2. The molecule has 7 nitrogen and oxygen atoms in total. The Hall–Kier alpha value is -3.66. The lowest BCUT2D eigenvalue weighted by atomic mass is 10.1. The molecular formula is C23H21F3N6O. The average molecular weight is 454 g/mol. The number of H-pyrrole nitrogens is 1. The van der Waals surface area contributed by atoms with Gasteiger partial charge < -0.3 is 15.4 Å². The third kappa shape index (κ3) is 4.61. The van der Waals surface area contributed by atoms with Crippen LogP contribution in [0, 0.1) is 0 Å². The summed E-state index contributed by atoms with van der Waals surface area (Å²) in [5.41, 5.74) is 0.973. The Bertz CT molecular complexity index is 1230. The van der Waals surface area contributed by atoms with Gasteiger partial charge in [-0.3, -0.25) is 10.1 Å². The van der Waals surface area contributed by atoms with E-state index in [1.165, 1.54) is 6.07 Å². The molecule has 4 aromatic rings. The SMILES string of the molecule is FC(F)(F)c1ccc(-c2ccc(Oc3ccnc4[nH]nc(N[C@@H]5CCCNC5)c34)cc2)nc1. The van der Waals surface area contributed by atoms with E-state index in [1.54, 1.807) is 36.5 Å². The van der Waals surface area contributed by atoms with Crippen LogP contribution < -0.4 is 15.4 Å². The Morgan fingerprint density at radius 2 is 1.88 bits per heavy atom. The molecule has 3 N–H and O–H groups in total. The van der Waals surface area contributed by atoms with E-state index in [4.69, 9.17) is 4.74 Å². The number of hydrogen-bond acceptors (Lipinski definition) is 6. The number of alkyl halides is 3. The number of ether oxygens (including phenoxy) is 1. The number of anilines is 1. The van der Waals surface area contributed by atoms with Crippen LogP contribution >= 0.6 is 0 Å². The van der Waals surface area contributed by atoms with E-state index in [1.807, 2.05) is 0 Å². The molecule has 0 aliphatic carbocycles. The average Bonchev–Trinajstić information content (AvgIpc) is 3.23. The Labute approximate surface area is 187 Å². The summed E-state index contributed by atoms with van der Waals surface area (Å²) in [6.45, 7) is 1.89. The fourth-order valence-corrected chi connectivity index (χ4v) is 3.83. The molecule has 0 amide bonds. The highest BCUT2D eigenvalue weighted by atomic mass is 19.4. The zero-order valence-electron chi connectivity index (χ0n) is 17.5. The van der Waals surface area contributed by atoms with Gasteiger partial charge in [0, 0.05) is 36.6 Å². The standard InChI is InChI=1S/C23H21F3N6O/c24-23(25,26)15-5-8-18(29-12-15)14-3-6-17(7-4-14)33-19-9-11-28-21-20(19)22(32-31-21)30-16-2-1-10-27-13-16/h3-9,11-12,16,27H,1-2,10,13H2,(H2,28,30,31,32)/t16-/m1/s1. The first-order chi connectivity index (χ1) is 16.0. The van der Waals surface area contributed by atoms with Crippen molar-refractivity contribution in [3.63, 3.8) is 0 Å². The van der Waals surface area contributed by atoms with Gasteiger partial charge in [-0.2, -0.15) is 18.3 Å². The van der Waals surface area contributed by atoms with Gasteiger partial charge in [0.25, 0.3) is 0 Å². The van der Waals surface area contributed by atoms with Crippen LogP contribution in [0.3, 0.4) is 0 Å². The molecule has 3 aromatic heterocycles. The molecule has 0 radical (unpaired) electrons. The summed E-state index contributed by atoms with van der Waals surface area (Å²) >= 11 is 0. The van der Waals surface area contributed by atoms with Gasteiger partial charge >= 0.3 is 6.18 Å². The molecule has 1 aliphatic rings. The molecule has 1 fully saturated rings. The summed E-state index contributed by atoms with van der Waals surface area (Å²) in [4.78, 5) is 8.27. The maximum absolute atomic E-state index is 12.8. The van der Waals surface area contributed by atoms with E-state index in [9.17, 15) is 13.2 Å². The normalized spacial score (nSPS) is 16.6. The first-order valence-electron chi connectivity index (χ1n) is 10.6. The highest BCUT2D eigenvalue weighted by Crippen LogP contribution is 2.34. The van der Waals surface area contributed by atoms with Crippen LogP contribution in [0.1, 0.15) is 18.4 Å². The van der Waals surface area contributed by atoms with E-state index in [0.29, 0.717) is 34.2 Å². The molecule has 170 valence electrons. The van der Waals surface area contributed by atoms with Crippen LogP contribution in [0.4, 0.5) is 19.0 Å². The smallest absolute Gasteiger partial charge is 0.417 e. The Morgan fingerprint density at radius 1 is 1.03 bits per heavy atom. The van der Waals surface area contributed by atoms with Crippen LogP contribution in [0.2, 0.25) is 0 Å². The predicted molar refractivity (Wildman–Crippen MR) is 118 cm³/mol. The monoisotopic (exact) mass is 454 g/mol. The predicted octanol–water partition coefficient (Wildman–Crippen LogP) is 4.99. The lowest BCUT2D eigenvalue weighted by Crippen LogP contribution is -2.38. The van der Waals surface area contributed by atoms with Crippen molar-refractivity contribution < 1.29 is 17.9 Å². The number of nitrogens with zero attached hydrogens (tertiary/aromatic N) is 3. The molecule has 0 unspecified atom stereocenters. The second-order valence-electron chi connectivity index (χ2n) is 7.85. The Balaban J connectivity index is 1.36. The third-order valence-corrected chi connectivity index (χ3v) is 5.53. The van der Waals surface area contributed by atoms with Gasteiger partial charge in [-0.25, -0.2) is 4.98 Å². The number of pyridine rings is 2. The molecular weight excluding hydrogens is 433 g/mol. The van der Waals surface area contributed by atoms with Crippen molar-refractivity contribution in [1.29, 1.82) is 0 Å². The van der Waals surface area contributed by atoms with E-state index < -0.39 is 11.7 Å². The molecule has 0 saturated carbocycles. The van der Waals surface area contributed by atoms with Gasteiger partial charge in [0.1, 0.15) is 16.9 Å². The lowest BCUT2D eigenvalue weighted by Gasteiger charge is -2.23. The van der Waals surface area contributed by atoms with Gasteiger partial charge in [-0.15, -0.1) is 0 Å². The number of fused-ring (bicyclic) bond motifs is 1. The maximum Gasteiger partial charge on any atom is 0.417 e. The number of piperidine rings is 1. The van der Waals surface area contributed by atoms with Gasteiger partial charge in [0.15, 0.2) is 11.5 Å². The van der Waals surface area contributed by atoms with Crippen molar-refractivity contribution in [2.75, 3.05) is 18.4 Å². The summed E-state index contributed by atoms with van der Waals surface area (Å²) in [5, 5.41) is 14.9. The second-order valence-corrected chi connectivity index (χ2v) is 7.85. The topological polar surface area (TPSA) is 87.8 Å². The highest BCUT2D eigenvalue weighted by Gasteiger charge is 2.30. The van der Waals surface area contributed by atoms with Crippen LogP contribution in [0.25, 0.3) is 22.3 Å². The number of rotatable bonds is 5. The number of aromatic nitrogens is 4. The van der Waals surface area contributed by atoms with E-state index in [2.05, 4.69) is 30.8 Å². The number of nitrogens with one attached hydrogen (secondary N) is 3. The number of halogens is 3. The molecule has 0 spiro atoms. The van der Waals surface area contributed by atoms with Crippen LogP contribution in [0.5, 0.6) is 11.5 Å². The molecule has 4 heterocycles. The number of aromatic amines is 1. The Kier molecular flexibility index (Phi) is 5.59. The maximum atomic E-state index is 12.8. The minimum absolute atomic E-state index is 0.272. The molecule has 1 aromatic carbocycles. The summed E-state index contributed by atoms with van der Waals surface area (Å²) in [7, 11) is 0. The quantitative estimate of drug-likeness (QED) is 0.394. The largest absolute Gasteiger partial charge is 0.456 e. The van der Waals surface area contributed by atoms with Crippen molar-refractivity contribution in [3.8, 4) is 22.8 Å². The number of benzene rings is 1. The van der Waals surface area contributed by atoms with E-state index in [-0.39, 0.29) is 6.04 Å². The Morgan fingerprint density at radius 3 is 2.58 bits per heavy atom. The molecule has 1 aliphatic heterocycles. The zero-order valence-corrected chi connectivity index (χ0v) is 17.5. The minimum atomic E-state index is -4.41. The summed E-state index contributed by atoms with van der Waals surface area (Å²) < 4.78 is 44.4. The number of hydrogen-bond donors (Lipinski definition) is 3. The van der Waals surface area contributed by atoms with E-state index >= 15 is 0 Å². The molecule has 1 atom stereocenters. The van der Waals surface area contributed by atoms with Crippen molar-refractivity contribution in [2.24, 2.45) is 0 Å².